The van der Waals surface area contributed by atoms with Gasteiger partial charge in [0.1, 0.15) is 6.17 Å². The van der Waals surface area contributed by atoms with Crippen molar-refractivity contribution in [1.29, 1.82) is 0 Å². The van der Waals surface area contributed by atoms with Crippen LogP contribution in [0.3, 0.4) is 0 Å². The number of alkyl halides is 1. The van der Waals surface area contributed by atoms with Crippen molar-refractivity contribution in [3.63, 3.8) is 0 Å². The standard InChI is InChI=1S/C9H16O.C9H18O.C8H15FO.C8H16O.4CH4/c1-6(2)10-9-4-7-3-8(7)5-9;1-8(2)10-9(3)6-4-5-7-9;1-6(2)10-8-5-3-4-7(8)9;1-7(2)9-8(3)5-4-6-8;;;;/h6-9H,3-5H2,1-2H3;8H,4-7H2,1-3H3;6-8H,3-5H2,1-2H3;7H,4-6H2,1-3H3;4*1H4/t7-,8+,9?;;7-,8-;;;;;/m..1...../s1. The first kappa shape index (κ1) is 47.2. The summed E-state index contributed by atoms with van der Waals surface area (Å²) < 4.78 is 35.4. The van der Waals surface area contributed by atoms with Gasteiger partial charge in [0.25, 0.3) is 0 Å². The zero-order valence-electron chi connectivity index (χ0n) is 27.4. The minimum Gasteiger partial charge on any atom is -0.376 e. The van der Waals surface area contributed by atoms with Crippen molar-refractivity contribution < 1.29 is 23.3 Å². The van der Waals surface area contributed by atoms with E-state index in [0.717, 1.165) is 24.7 Å². The SMILES string of the molecule is C.C.C.C.CC(C)OC1(C)CCC1.CC(C)OC1(C)CCCC1.CC(C)OC1C[C@@H]2C[C@@H]2C1.CC(C)O[C@@H]1CCC[C@H]1F. The number of halogens is 1. The molecule has 5 rings (SSSR count). The average Bonchev–Trinajstić information content (AvgIpc) is 3.09. The van der Waals surface area contributed by atoms with E-state index < -0.39 is 6.17 Å². The summed E-state index contributed by atoms with van der Waals surface area (Å²) in [6.45, 7) is 21.0. The fourth-order valence-corrected chi connectivity index (χ4v) is 6.71. The molecule has 0 spiro atoms. The summed E-state index contributed by atoms with van der Waals surface area (Å²) in [5, 5.41) is 0. The Morgan fingerprint density at radius 2 is 0.953 bits per heavy atom. The minimum absolute atomic E-state index is 0. The van der Waals surface area contributed by atoms with Gasteiger partial charge in [-0.3, -0.25) is 0 Å². The molecule has 5 heteroatoms. The summed E-state index contributed by atoms with van der Waals surface area (Å²) in [6, 6.07) is 0. The van der Waals surface area contributed by atoms with Gasteiger partial charge in [-0.05, 0) is 152 Å². The Morgan fingerprint density at radius 3 is 1.26 bits per heavy atom. The third-order valence-electron chi connectivity index (χ3n) is 8.60. The van der Waals surface area contributed by atoms with Crippen LogP contribution in [0, 0.1) is 11.8 Å². The van der Waals surface area contributed by atoms with Gasteiger partial charge in [0.05, 0.1) is 47.8 Å². The molecule has 5 saturated carbocycles. The first-order chi connectivity index (χ1) is 18.2. The molecule has 0 aromatic heterocycles. The first-order valence-corrected chi connectivity index (χ1v) is 16.5. The average molecular weight is 621 g/mol. The summed E-state index contributed by atoms with van der Waals surface area (Å²) in [5.74, 6) is 2.12. The maximum absolute atomic E-state index is 12.8. The molecule has 5 atom stereocenters. The molecule has 4 nitrogen and oxygen atoms in total. The molecule has 5 fully saturated rings. The van der Waals surface area contributed by atoms with E-state index in [1.54, 1.807) is 0 Å². The Hall–Kier alpha value is -0.230. The molecule has 0 aromatic rings. The van der Waals surface area contributed by atoms with Crippen LogP contribution in [0.1, 0.15) is 182 Å². The van der Waals surface area contributed by atoms with Gasteiger partial charge in [-0.1, -0.05) is 42.5 Å². The molecule has 1 unspecified atom stereocenters. The van der Waals surface area contributed by atoms with E-state index in [2.05, 4.69) is 55.4 Å². The zero-order valence-corrected chi connectivity index (χ0v) is 27.4. The zero-order chi connectivity index (χ0) is 29.2. The van der Waals surface area contributed by atoms with E-state index in [9.17, 15) is 4.39 Å². The van der Waals surface area contributed by atoms with Gasteiger partial charge in [0.2, 0.25) is 0 Å². The molecule has 0 aromatic carbocycles. The smallest absolute Gasteiger partial charge is 0.126 e. The van der Waals surface area contributed by atoms with Crippen LogP contribution >= 0.6 is 0 Å². The maximum atomic E-state index is 12.8. The lowest BCUT2D eigenvalue weighted by molar-refractivity contribution is -0.115. The van der Waals surface area contributed by atoms with E-state index in [1.165, 1.54) is 64.2 Å². The molecule has 0 amide bonds. The van der Waals surface area contributed by atoms with Crippen LogP contribution < -0.4 is 0 Å². The van der Waals surface area contributed by atoms with Gasteiger partial charge < -0.3 is 18.9 Å². The van der Waals surface area contributed by atoms with Gasteiger partial charge >= 0.3 is 0 Å². The van der Waals surface area contributed by atoms with Crippen LogP contribution in [0.4, 0.5) is 4.39 Å². The van der Waals surface area contributed by atoms with Crippen molar-refractivity contribution in [2.24, 2.45) is 11.8 Å². The molecule has 264 valence electrons. The summed E-state index contributed by atoms with van der Waals surface area (Å²) in [5.41, 5.74) is 0.461. The van der Waals surface area contributed by atoms with Crippen molar-refractivity contribution in [2.45, 2.75) is 236 Å². The number of fused-ring (bicyclic) bond motifs is 1. The van der Waals surface area contributed by atoms with E-state index in [-0.39, 0.29) is 53.1 Å². The number of ether oxygens (including phenoxy) is 4. The number of hydrogen-bond acceptors (Lipinski definition) is 4. The van der Waals surface area contributed by atoms with Crippen molar-refractivity contribution in [3.8, 4) is 0 Å². The van der Waals surface area contributed by atoms with Gasteiger partial charge in [-0.15, -0.1) is 0 Å². The summed E-state index contributed by atoms with van der Waals surface area (Å²) in [6.07, 6.45) is 17.0. The number of rotatable bonds is 8. The molecule has 0 heterocycles. The Kier molecular flexibility index (Phi) is 24.5. The molecule has 0 saturated heterocycles. The fourth-order valence-electron chi connectivity index (χ4n) is 6.71. The van der Waals surface area contributed by atoms with E-state index >= 15 is 0 Å². The topological polar surface area (TPSA) is 36.9 Å². The lowest BCUT2D eigenvalue weighted by Crippen LogP contribution is -2.38. The molecule has 0 aliphatic heterocycles. The van der Waals surface area contributed by atoms with E-state index in [0.29, 0.717) is 30.8 Å². The molecule has 43 heavy (non-hydrogen) atoms. The lowest BCUT2D eigenvalue weighted by Gasteiger charge is -2.39. The second-order valence-corrected chi connectivity index (χ2v) is 14.5. The monoisotopic (exact) mass is 621 g/mol. The van der Waals surface area contributed by atoms with Crippen LogP contribution in [0.15, 0.2) is 0 Å². The van der Waals surface area contributed by atoms with Crippen molar-refractivity contribution >= 4 is 0 Å². The largest absolute Gasteiger partial charge is 0.376 e. The van der Waals surface area contributed by atoms with Crippen molar-refractivity contribution in [1.82, 2.24) is 0 Å². The van der Waals surface area contributed by atoms with Gasteiger partial charge in [0.15, 0.2) is 0 Å². The minimum atomic E-state index is -0.706. The highest BCUT2D eigenvalue weighted by molar-refractivity contribution is 4.96. The third-order valence-corrected chi connectivity index (χ3v) is 8.60. The molecule has 0 N–H and O–H groups in total. The Bertz CT molecular complexity index is 644. The normalized spacial score (nSPS) is 28.7. The van der Waals surface area contributed by atoms with Gasteiger partial charge in [-0.2, -0.15) is 0 Å². The highest BCUT2D eigenvalue weighted by atomic mass is 19.1. The number of hydrogen-bond donors (Lipinski definition) is 0. The molecule has 5 aliphatic rings. The Balaban J connectivity index is -0.000000482. The van der Waals surface area contributed by atoms with Crippen LogP contribution in [0.2, 0.25) is 0 Å². The summed E-state index contributed by atoms with van der Waals surface area (Å²) >= 11 is 0. The maximum Gasteiger partial charge on any atom is 0.126 e. The Morgan fingerprint density at radius 1 is 0.535 bits per heavy atom. The molecular weight excluding hydrogens is 539 g/mol. The van der Waals surface area contributed by atoms with Crippen molar-refractivity contribution in [2.75, 3.05) is 0 Å². The van der Waals surface area contributed by atoms with Crippen LogP contribution in [-0.2, 0) is 18.9 Å². The van der Waals surface area contributed by atoms with Crippen LogP contribution in [-0.4, -0.2) is 54.0 Å². The van der Waals surface area contributed by atoms with Crippen LogP contribution in [0.25, 0.3) is 0 Å². The highest BCUT2D eigenvalue weighted by Gasteiger charge is 2.46. The van der Waals surface area contributed by atoms with E-state index in [1.807, 2.05) is 13.8 Å². The van der Waals surface area contributed by atoms with E-state index in [4.69, 9.17) is 18.9 Å². The lowest BCUT2D eigenvalue weighted by atomic mass is 9.82. The molecule has 5 aliphatic carbocycles. The van der Waals surface area contributed by atoms with Crippen molar-refractivity contribution in [3.05, 3.63) is 0 Å². The molecular formula is C38H81FO4. The Labute approximate surface area is 271 Å². The fraction of sp³-hybridized carbons (Fsp3) is 1.00. The summed E-state index contributed by atoms with van der Waals surface area (Å²) in [4.78, 5) is 0. The predicted molar refractivity (Wildman–Crippen MR) is 188 cm³/mol. The third kappa shape index (κ3) is 19.1. The highest BCUT2D eigenvalue weighted by Crippen LogP contribution is 2.52. The van der Waals surface area contributed by atoms with Gasteiger partial charge in [0, 0.05) is 0 Å². The first-order valence-electron chi connectivity index (χ1n) is 16.5. The second-order valence-electron chi connectivity index (χ2n) is 14.5. The summed E-state index contributed by atoms with van der Waals surface area (Å²) in [7, 11) is 0. The quantitative estimate of drug-likeness (QED) is 0.270. The predicted octanol–water partition coefficient (Wildman–Crippen LogP) is 12.2. The van der Waals surface area contributed by atoms with Crippen LogP contribution in [0.5, 0.6) is 0 Å². The molecule has 0 bridgehead atoms. The second kappa shape index (κ2) is 22.3. The van der Waals surface area contributed by atoms with Gasteiger partial charge in [-0.25, -0.2) is 4.39 Å². The molecule has 0 radical (unpaired) electrons.